The maximum Gasteiger partial charge on any atom is 0.521 e. The summed E-state index contributed by atoms with van der Waals surface area (Å²) in [6.07, 6.45) is 2.64. The number of hydrogen-bond acceptors (Lipinski definition) is 3. The largest absolute Gasteiger partial charge is 0.521 e. The van der Waals surface area contributed by atoms with E-state index in [1.54, 1.807) is 7.11 Å². The lowest BCUT2D eigenvalue weighted by atomic mass is 10.00. The molecule has 0 radical (unpaired) electrons. The van der Waals surface area contributed by atoms with E-state index in [0.717, 1.165) is 37.0 Å². The number of carboxylic acid groups (broad SMARTS) is 1. The van der Waals surface area contributed by atoms with E-state index >= 15 is 0 Å². The van der Waals surface area contributed by atoms with Gasteiger partial charge in [0.05, 0.1) is 20.1 Å². The van der Waals surface area contributed by atoms with Crippen molar-refractivity contribution in [3.05, 3.63) is 28.8 Å². The molecular formula is C19H26NO4+. The summed E-state index contributed by atoms with van der Waals surface area (Å²) in [5.41, 5.74) is 3.60. The molecule has 2 aliphatic rings. The van der Waals surface area contributed by atoms with Crippen molar-refractivity contribution in [1.29, 1.82) is 0 Å². The van der Waals surface area contributed by atoms with Crippen LogP contribution in [0.1, 0.15) is 42.9 Å². The van der Waals surface area contributed by atoms with Gasteiger partial charge in [-0.1, -0.05) is 6.07 Å². The molecule has 1 N–H and O–H groups in total. The first-order chi connectivity index (χ1) is 11.4. The van der Waals surface area contributed by atoms with Crippen LogP contribution >= 0.6 is 0 Å². The molecule has 0 spiro atoms. The Kier molecular flexibility index (Phi) is 4.38. The van der Waals surface area contributed by atoms with Crippen molar-refractivity contribution in [2.75, 3.05) is 13.7 Å². The number of likely N-dealkylation sites (tertiary alicyclic amines) is 1. The first kappa shape index (κ1) is 17.0. The maximum atomic E-state index is 12.9. The van der Waals surface area contributed by atoms with Gasteiger partial charge in [-0.25, -0.2) is 4.79 Å². The van der Waals surface area contributed by atoms with Crippen LogP contribution in [0.3, 0.4) is 0 Å². The van der Waals surface area contributed by atoms with E-state index in [0.29, 0.717) is 13.0 Å². The van der Waals surface area contributed by atoms with E-state index in [1.165, 1.54) is 11.1 Å². The highest BCUT2D eigenvalue weighted by Crippen LogP contribution is 2.36. The lowest BCUT2D eigenvalue weighted by Gasteiger charge is -2.30. The number of carbonyl (C=O) groups is 2. The van der Waals surface area contributed by atoms with Gasteiger partial charge in [-0.2, -0.15) is 9.28 Å². The van der Waals surface area contributed by atoms with Crippen LogP contribution < -0.4 is 4.74 Å². The normalized spacial score (nSPS) is 28.6. The van der Waals surface area contributed by atoms with E-state index in [9.17, 15) is 14.7 Å². The Morgan fingerprint density at radius 2 is 1.96 bits per heavy atom. The number of fused-ring (bicyclic) bond motifs is 1. The Hall–Kier alpha value is -1.88. The van der Waals surface area contributed by atoms with Gasteiger partial charge in [0.15, 0.2) is 0 Å². The second-order valence-electron chi connectivity index (χ2n) is 7.33. The van der Waals surface area contributed by atoms with E-state index < -0.39 is 6.09 Å². The van der Waals surface area contributed by atoms with Crippen molar-refractivity contribution < 1.29 is 23.9 Å². The van der Waals surface area contributed by atoms with Gasteiger partial charge in [-0.15, -0.1) is 0 Å². The quantitative estimate of drug-likeness (QED) is 0.863. The van der Waals surface area contributed by atoms with Crippen LogP contribution in [0.25, 0.3) is 0 Å². The van der Waals surface area contributed by atoms with Crippen molar-refractivity contribution >= 4 is 12.0 Å². The van der Waals surface area contributed by atoms with Crippen LogP contribution in [0.5, 0.6) is 5.75 Å². The highest BCUT2D eigenvalue weighted by molar-refractivity contribution is 5.81. The van der Waals surface area contributed by atoms with Gasteiger partial charge < -0.3 is 9.84 Å². The molecule has 1 aromatic rings. The molecule has 1 heterocycles. The molecule has 2 unspecified atom stereocenters. The van der Waals surface area contributed by atoms with E-state index in [4.69, 9.17) is 4.74 Å². The van der Waals surface area contributed by atoms with Crippen molar-refractivity contribution in [2.45, 2.75) is 52.0 Å². The third-order valence-corrected chi connectivity index (χ3v) is 5.87. The van der Waals surface area contributed by atoms with Gasteiger partial charge in [0.1, 0.15) is 11.8 Å². The fraction of sp³-hybridized carbons (Fsp3) is 0.579. The molecule has 3 rings (SSSR count). The van der Waals surface area contributed by atoms with Gasteiger partial charge in [0.2, 0.25) is 0 Å². The molecule has 1 aromatic carbocycles. The third kappa shape index (κ3) is 2.61. The average Bonchev–Trinajstić information content (AvgIpc) is 3.09. The SMILES string of the molecule is COc1cc2c(cc1C)CC(CC(=O)[N+]1(C(=O)O)CCC[C@H]1C)C2. The molecule has 5 heteroatoms. The molecule has 1 fully saturated rings. The Bertz CT molecular complexity index is 684. The van der Waals surface area contributed by atoms with Crippen LogP contribution in [0.2, 0.25) is 0 Å². The second-order valence-corrected chi connectivity index (χ2v) is 7.33. The highest BCUT2D eigenvalue weighted by Gasteiger charge is 2.53. The molecule has 130 valence electrons. The van der Waals surface area contributed by atoms with Crippen molar-refractivity contribution in [3.8, 4) is 5.75 Å². The zero-order valence-corrected chi connectivity index (χ0v) is 14.7. The summed E-state index contributed by atoms with van der Waals surface area (Å²) in [6, 6.07) is 4.08. The molecule has 0 bridgehead atoms. The van der Waals surface area contributed by atoms with Gasteiger partial charge >= 0.3 is 12.0 Å². The molecule has 2 amide bonds. The molecular weight excluding hydrogens is 306 g/mol. The Morgan fingerprint density at radius 3 is 2.50 bits per heavy atom. The van der Waals surface area contributed by atoms with Crippen LogP contribution in [0.4, 0.5) is 4.79 Å². The minimum absolute atomic E-state index is 0.124. The highest BCUT2D eigenvalue weighted by atomic mass is 16.5. The van der Waals surface area contributed by atoms with E-state index in [-0.39, 0.29) is 22.3 Å². The number of rotatable bonds is 3. The molecule has 3 atom stereocenters. The Morgan fingerprint density at radius 1 is 1.29 bits per heavy atom. The zero-order valence-electron chi connectivity index (χ0n) is 14.7. The zero-order chi connectivity index (χ0) is 17.5. The summed E-state index contributed by atoms with van der Waals surface area (Å²) in [5.74, 6) is 0.943. The van der Waals surface area contributed by atoms with E-state index in [2.05, 4.69) is 12.1 Å². The summed E-state index contributed by atoms with van der Waals surface area (Å²) < 4.78 is 5.00. The summed E-state index contributed by atoms with van der Waals surface area (Å²) in [7, 11) is 1.67. The smallest absolute Gasteiger partial charge is 0.496 e. The predicted octanol–water partition coefficient (Wildman–Crippen LogP) is 3.31. The predicted molar refractivity (Wildman–Crippen MR) is 90.1 cm³/mol. The van der Waals surface area contributed by atoms with E-state index in [1.807, 2.05) is 13.8 Å². The van der Waals surface area contributed by atoms with Crippen LogP contribution in [-0.2, 0) is 17.6 Å². The summed E-state index contributed by atoms with van der Waals surface area (Å²) in [4.78, 5) is 24.7. The number of amides is 2. The number of nitrogens with zero attached hydrogens (tertiary/aromatic N) is 1. The number of carbonyl (C=O) groups excluding carboxylic acids is 1. The van der Waals surface area contributed by atoms with Gasteiger partial charge in [-0.05, 0) is 55.4 Å². The van der Waals surface area contributed by atoms with Crippen LogP contribution in [0.15, 0.2) is 12.1 Å². The number of benzene rings is 1. The van der Waals surface area contributed by atoms with Gasteiger partial charge in [0, 0.05) is 12.8 Å². The molecule has 5 nitrogen and oxygen atoms in total. The number of ether oxygens (including phenoxy) is 1. The van der Waals surface area contributed by atoms with Gasteiger partial charge in [0.25, 0.3) is 0 Å². The third-order valence-electron chi connectivity index (χ3n) is 5.87. The van der Waals surface area contributed by atoms with Gasteiger partial charge in [-0.3, -0.25) is 0 Å². The lowest BCUT2D eigenvalue weighted by molar-refractivity contribution is -0.792. The number of aryl methyl sites for hydroxylation is 1. The fourth-order valence-corrected chi connectivity index (χ4v) is 4.48. The average molecular weight is 332 g/mol. The Balaban J connectivity index is 1.76. The van der Waals surface area contributed by atoms with Crippen LogP contribution in [-0.4, -0.2) is 41.3 Å². The number of methoxy groups -OCH3 is 1. The monoisotopic (exact) mass is 332 g/mol. The molecule has 0 aromatic heterocycles. The van der Waals surface area contributed by atoms with Crippen molar-refractivity contribution in [3.63, 3.8) is 0 Å². The van der Waals surface area contributed by atoms with Crippen molar-refractivity contribution in [1.82, 2.24) is 0 Å². The topological polar surface area (TPSA) is 63.6 Å². The fourth-order valence-electron chi connectivity index (χ4n) is 4.48. The first-order valence-electron chi connectivity index (χ1n) is 8.69. The number of quaternary nitrogens is 1. The molecule has 1 aliphatic heterocycles. The summed E-state index contributed by atoms with van der Waals surface area (Å²) in [6.45, 7) is 4.34. The Labute approximate surface area is 142 Å². The first-order valence-corrected chi connectivity index (χ1v) is 8.69. The lowest BCUT2D eigenvalue weighted by Crippen LogP contribution is -2.58. The molecule has 24 heavy (non-hydrogen) atoms. The molecule has 1 saturated heterocycles. The van der Waals surface area contributed by atoms with Crippen molar-refractivity contribution in [2.24, 2.45) is 5.92 Å². The molecule has 1 aliphatic carbocycles. The maximum absolute atomic E-state index is 12.9. The molecule has 0 saturated carbocycles. The minimum atomic E-state index is -0.988. The number of imide groups is 1. The second kappa shape index (κ2) is 6.20. The summed E-state index contributed by atoms with van der Waals surface area (Å²) in [5, 5.41) is 9.69. The standard InChI is InChI=1S/C19H25NO4/c1-12-7-15-8-14(9-16(15)11-17(12)24-3)10-18(21)20(19(22)23)6-4-5-13(20)2/h7,11,13-14H,4-6,8-10H2,1-3H3/p+1/t13-,14?,20?/m1/s1. The minimum Gasteiger partial charge on any atom is -0.496 e. The number of hydrogen-bond donors (Lipinski definition) is 1. The summed E-state index contributed by atoms with van der Waals surface area (Å²) >= 11 is 0. The van der Waals surface area contributed by atoms with Crippen LogP contribution in [0, 0.1) is 12.8 Å².